The zero-order valence-electron chi connectivity index (χ0n) is 39.5. The molecule has 318 valence electrons. The van der Waals surface area contributed by atoms with Crippen molar-refractivity contribution in [3.63, 3.8) is 0 Å². The minimum atomic E-state index is -3.19. The molecular formula is C59H64Cl2Zr. The van der Waals surface area contributed by atoms with E-state index in [1.165, 1.54) is 83.5 Å². The van der Waals surface area contributed by atoms with E-state index in [1.54, 1.807) is 17.6 Å². The van der Waals surface area contributed by atoms with Crippen molar-refractivity contribution in [2.45, 2.75) is 122 Å². The van der Waals surface area contributed by atoms with Crippen molar-refractivity contribution in [2.75, 3.05) is 0 Å². The van der Waals surface area contributed by atoms with Gasteiger partial charge in [0.25, 0.3) is 0 Å². The van der Waals surface area contributed by atoms with E-state index in [4.69, 9.17) is 0 Å². The van der Waals surface area contributed by atoms with E-state index < -0.39 is 21.3 Å². The van der Waals surface area contributed by atoms with E-state index in [0.29, 0.717) is 9.54 Å². The smallest absolute Gasteiger partial charge is 1.00 e. The molecular weight excluding hydrogens is 871 g/mol. The van der Waals surface area contributed by atoms with Crippen LogP contribution in [0.2, 0.25) is 0 Å². The van der Waals surface area contributed by atoms with Gasteiger partial charge in [-0.25, -0.2) is 0 Å². The number of halogens is 2. The van der Waals surface area contributed by atoms with Gasteiger partial charge >= 0.3 is 372 Å². The van der Waals surface area contributed by atoms with Gasteiger partial charge in [0, 0.05) is 0 Å². The maximum absolute atomic E-state index is 3.19. The Balaban J connectivity index is 0.00000289. The van der Waals surface area contributed by atoms with Crippen LogP contribution in [0.3, 0.4) is 0 Å². The summed E-state index contributed by atoms with van der Waals surface area (Å²) in [4.78, 5) is 0. The molecule has 4 aliphatic rings. The average molecular weight is 935 g/mol. The third kappa shape index (κ3) is 7.65. The van der Waals surface area contributed by atoms with E-state index in [0.717, 1.165) is 0 Å². The molecule has 0 aromatic heterocycles. The summed E-state index contributed by atoms with van der Waals surface area (Å²) in [6.45, 7) is 33.3. The molecule has 1 unspecified atom stereocenters. The Hall–Kier alpha value is -3.61. The summed E-state index contributed by atoms with van der Waals surface area (Å²) in [5.74, 6) is 0.337. The molecule has 1 atom stereocenters. The number of rotatable bonds is 5. The third-order valence-corrected chi connectivity index (χ3v) is 23.5. The second-order valence-electron chi connectivity index (χ2n) is 21.7. The first-order chi connectivity index (χ1) is 28.2. The molecule has 0 saturated heterocycles. The SMILES string of the molecule is CC1=CC(C)(C)c2cc3c(cc21)-c1cc2c(cc1[CH]3[Zr+2]([C]1=C(C)C(c3ccccc3)=CC1C)=[C](c1ccc(C(C)(C)C)cc1)c1ccc(C(C)(C)C)cc1)C(C)(C)C=C2C.[Cl-].[Cl-]. The van der Waals surface area contributed by atoms with Gasteiger partial charge in [-0.1, -0.05) is 0 Å². The number of benzene rings is 5. The Kier molecular flexibility index (Phi) is 12.1. The van der Waals surface area contributed by atoms with Gasteiger partial charge in [-0.15, -0.1) is 0 Å². The molecule has 0 spiro atoms. The molecule has 0 heterocycles. The molecule has 4 aliphatic carbocycles. The molecule has 0 N–H and O–H groups in total. The summed E-state index contributed by atoms with van der Waals surface area (Å²) >= 11 is -3.19. The van der Waals surface area contributed by atoms with Gasteiger partial charge < -0.3 is 24.8 Å². The van der Waals surface area contributed by atoms with Crippen LogP contribution in [0, 0.1) is 5.92 Å². The number of hydrogen-bond donors (Lipinski definition) is 0. The van der Waals surface area contributed by atoms with Crippen molar-refractivity contribution in [3.8, 4) is 11.1 Å². The van der Waals surface area contributed by atoms with Crippen LogP contribution in [-0.2, 0) is 42.9 Å². The van der Waals surface area contributed by atoms with Gasteiger partial charge in [0.2, 0.25) is 0 Å². The number of allylic oxidation sites excluding steroid dienone is 8. The minimum absolute atomic E-state index is 0. The second kappa shape index (κ2) is 16.1. The molecule has 0 aliphatic heterocycles. The standard InChI is InChI=1S/C25H25.C21H26.C13H13.2ClH.Zr/c1-14-12-24(3,4)22-8-16-7-17-9-23-19(15(2)13-25(23,5)6)11-21(17)20(16)10-18(14)22;1-20(2,3)18-11-7-16(8-12-18)15-17-9-13-19(14-10-17)21(4,5)6;1-10-8-11(2)13(9-10)12-6-4-3-5-7-12;;;/h7-13H,1-6H3;7-14H,1-6H3;3-7,9-10H,1-2H3;2*1H;/q;;;;;+2/p-2. The van der Waals surface area contributed by atoms with E-state index >= 15 is 0 Å². The molecule has 0 bridgehead atoms. The summed E-state index contributed by atoms with van der Waals surface area (Å²) < 4.78 is 3.66. The molecule has 3 heteroatoms. The normalized spacial score (nSPS) is 18.0. The quantitative estimate of drug-likeness (QED) is 0.165. The Morgan fingerprint density at radius 2 is 0.968 bits per heavy atom. The molecule has 0 radical (unpaired) electrons. The van der Waals surface area contributed by atoms with E-state index in [1.807, 2.05) is 0 Å². The predicted octanol–water partition coefficient (Wildman–Crippen LogP) is 9.64. The van der Waals surface area contributed by atoms with Crippen LogP contribution < -0.4 is 24.8 Å². The largest absolute Gasteiger partial charge is 1.00 e. The van der Waals surface area contributed by atoms with Crippen LogP contribution in [0.25, 0.3) is 27.8 Å². The van der Waals surface area contributed by atoms with Gasteiger partial charge in [0.05, 0.1) is 0 Å². The molecule has 9 rings (SSSR count). The van der Waals surface area contributed by atoms with Gasteiger partial charge in [-0.2, -0.15) is 0 Å². The maximum atomic E-state index is 2.70. The molecule has 0 saturated carbocycles. The number of fused-ring (bicyclic) bond motifs is 5. The Bertz CT molecular complexity index is 2620. The van der Waals surface area contributed by atoms with Crippen molar-refractivity contribution >= 4 is 19.9 Å². The molecule has 0 nitrogen and oxygen atoms in total. The van der Waals surface area contributed by atoms with Crippen LogP contribution >= 0.6 is 0 Å². The monoisotopic (exact) mass is 932 g/mol. The fourth-order valence-corrected chi connectivity index (χ4v) is 21.2. The number of hydrogen-bond acceptors (Lipinski definition) is 0. The first-order valence-corrected chi connectivity index (χ1v) is 26.2. The molecule has 62 heavy (non-hydrogen) atoms. The fourth-order valence-electron chi connectivity index (χ4n) is 11.3. The molecule has 0 fully saturated rings. The van der Waals surface area contributed by atoms with E-state index in [9.17, 15) is 0 Å². The van der Waals surface area contributed by atoms with Crippen LogP contribution in [0.15, 0.2) is 130 Å². The van der Waals surface area contributed by atoms with Crippen molar-refractivity contribution in [1.29, 1.82) is 0 Å². The van der Waals surface area contributed by atoms with Gasteiger partial charge in [-0.05, 0) is 0 Å². The first kappa shape index (κ1) is 46.4. The van der Waals surface area contributed by atoms with E-state index in [2.05, 4.69) is 218 Å². The van der Waals surface area contributed by atoms with Crippen LogP contribution in [0.4, 0.5) is 0 Å². The molecule has 5 aromatic carbocycles. The summed E-state index contributed by atoms with van der Waals surface area (Å²) in [5.41, 5.74) is 24.6. The molecule has 5 aromatic rings. The minimum Gasteiger partial charge on any atom is -1.00 e. The van der Waals surface area contributed by atoms with E-state index in [-0.39, 0.29) is 46.5 Å². The molecule has 0 amide bonds. The van der Waals surface area contributed by atoms with Crippen LogP contribution in [-0.4, -0.2) is 3.21 Å². The topological polar surface area (TPSA) is 0 Å². The predicted molar refractivity (Wildman–Crippen MR) is 257 cm³/mol. The van der Waals surface area contributed by atoms with Gasteiger partial charge in [0.15, 0.2) is 0 Å². The van der Waals surface area contributed by atoms with Crippen molar-refractivity contribution in [1.82, 2.24) is 0 Å². The Labute approximate surface area is 393 Å². The summed E-state index contributed by atoms with van der Waals surface area (Å²) in [6.07, 6.45) is 7.62. The average Bonchev–Trinajstić information content (AvgIpc) is 3.82. The fraction of sp³-hybridized carbons (Fsp3) is 0.339. The van der Waals surface area contributed by atoms with Crippen LogP contribution in [0.1, 0.15) is 162 Å². The summed E-state index contributed by atoms with van der Waals surface area (Å²) in [6, 6.07) is 41.5. The second-order valence-corrected chi connectivity index (χ2v) is 27.7. The summed E-state index contributed by atoms with van der Waals surface area (Å²) in [7, 11) is 0. The van der Waals surface area contributed by atoms with Crippen molar-refractivity contribution < 1.29 is 46.1 Å². The van der Waals surface area contributed by atoms with Gasteiger partial charge in [0.1, 0.15) is 0 Å². The third-order valence-electron chi connectivity index (χ3n) is 14.4. The van der Waals surface area contributed by atoms with Crippen LogP contribution in [0.5, 0.6) is 0 Å². The zero-order chi connectivity index (χ0) is 42.8. The van der Waals surface area contributed by atoms with Crippen molar-refractivity contribution in [3.05, 3.63) is 191 Å². The maximum Gasteiger partial charge on any atom is -1.00 e. The summed E-state index contributed by atoms with van der Waals surface area (Å²) in [5, 5.41) is 0. The Morgan fingerprint density at radius 1 is 0.548 bits per heavy atom. The first-order valence-electron chi connectivity index (χ1n) is 22.4. The Morgan fingerprint density at radius 3 is 1.37 bits per heavy atom. The van der Waals surface area contributed by atoms with Crippen molar-refractivity contribution in [2.24, 2.45) is 5.92 Å². The van der Waals surface area contributed by atoms with Gasteiger partial charge in [-0.3, -0.25) is 0 Å². The zero-order valence-corrected chi connectivity index (χ0v) is 43.4.